The van der Waals surface area contributed by atoms with Gasteiger partial charge in [0.15, 0.2) is 0 Å². The number of benzene rings is 2. The van der Waals surface area contributed by atoms with Crippen molar-refractivity contribution in [2.75, 3.05) is 0 Å². The Labute approximate surface area is 166 Å². The van der Waals surface area contributed by atoms with E-state index in [0.29, 0.717) is 5.69 Å². The van der Waals surface area contributed by atoms with E-state index in [9.17, 15) is 14.7 Å². The summed E-state index contributed by atoms with van der Waals surface area (Å²) in [6.07, 6.45) is 1.75. The number of H-pyrrole nitrogens is 1. The number of rotatable bonds is 2. The van der Waals surface area contributed by atoms with Gasteiger partial charge >= 0.3 is 5.69 Å². The highest BCUT2D eigenvalue weighted by Gasteiger charge is 2.16. The standard InChI is InChI=1S/C18H9Cl2N5O3/c19-12-6-10(25-18(28)22-17(27)14(8-21)23-25)7-13(20)16(12)24-4-3-9-5-11(26)1-2-15(9)24/h1-7,26H,(H,22,27,28). The highest BCUT2D eigenvalue weighted by Crippen LogP contribution is 2.34. The summed E-state index contributed by atoms with van der Waals surface area (Å²) in [5.74, 6) is 0.134. The summed E-state index contributed by atoms with van der Waals surface area (Å²) < 4.78 is 2.58. The minimum atomic E-state index is -0.875. The zero-order chi connectivity index (χ0) is 20.0. The molecule has 0 amide bonds. The Hall–Kier alpha value is -3.54. The molecule has 8 nitrogen and oxygen atoms in total. The van der Waals surface area contributed by atoms with Crippen LogP contribution in [0.1, 0.15) is 5.69 Å². The lowest BCUT2D eigenvalue weighted by Gasteiger charge is -2.13. The van der Waals surface area contributed by atoms with Gasteiger partial charge in [0.1, 0.15) is 11.8 Å². The Morgan fingerprint density at radius 2 is 1.82 bits per heavy atom. The summed E-state index contributed by atoms with van der Waals surface area (Å²) >= 11 is 12.9. The predicted molar refractivity (Wildman–Crippen MR) is 104 cm³/mol. The monoisotopic (exact) mass is 413 g/mol. The number of hydrogen-bond donors (Lipinski definition) is 2. The van der Waals surface area contributed by atoms with E-state index in [1.54, 1.807) is 41.1 Å². The van der Waals surface area contributed by atoms with E-state index >= 15 is 0 Å². The minimum Gasteiger partial charge on any atom is -0.508 e. The van der Waals surface area contributed by atoms with Crippen molar-refractivity contribution in [1.82, 2.24) is 19.3 Å². The molecule has 0 fully saturated rings. The largest absolute Gasteiger partial charge is 0.508 e. The first-order valence-electron chi connectivity index (χ1n) is 7.82. The average molecular weight is 414 g/mol. The fourth-order valence-electron chi connectivity index (χ4n) is 2.88. The molecule has 2 heterocycles. The first kappa shape index (κ1) is 17.9. The van der Waals surface area contributed by atoms with Crippen molar-refractivity contribution in [3.8, 4) is 23.2 Å². The molecule has 0 radical (unpaired) electrons. The van der Waals surface area contributed by atoms with Gasteiger partial charge in [-0.15, -0.1) is 5.10 Å². The van der Waals surface area contributed by atoms with Crippen molar-refractivity contribution in [3.63, 3.8) is 0 Å². The maximum absolute atomic E-state index is 12.1. The van der Waals surface area contributed by atoms with Crippen LogP contribution in [0.2, 0.25) is 10.0 Å². The number of aromatic hydroxyl groups is 1. The summed E-state index contributed by atoms with van der Waals surface area (Å²) in [5.41, 5.74) is -0.755. The van der Waals surface area contributed by atoms with Gasteiger partial charge in [-0.25, -0.2) is 4.79 Å². The van der Waals surface area contributed by atoms with Crippen LogP contribution in [0.5, 0.6) is 5.75 Å². The second kappa shape index (κ2) is 6.56. The zero-order valence-electron chi connectivity index (χ0n) is 13.8. The van der Waals surface area contributed by atoms with Crippen molar-refractivity contribution in [3.05, 3.63) is 79.2 Å². The molecule has 2 N–H and O–H groups in total. The Morgan fingerprint density at radius 1 is 1.11 bits per heavy atom. The number of phenolic OH excluding ortho intramolecular Hbond substituents is 1. The molecular formula is C18H9Cl2N5O3. The van der Waals surface area contributed by atoms with Crippen LogP contribution >= 0.6 is 23.2 Å². The van der Waals surface area contributed by atoms with Crippen molar-refractivity contribution < 1.29 is 5.11 Å². The average Bonchev–Trinajstić information content (AvgIpc) is 3.04. The van der Waals surface area contributed by atoms with Crippen LogP contribution in [-0.2, 0) is 0 Å². The summed E-state index contributed by atoms with van der Waals surface area (Å²) in [6, 6.07) is 11.2. The minimum absolute atomic E-state index is 0.134. The first-order valence-corrected chi connectivity index (χ1v) is 8.58. The molecule has 0 atom stereocenters. The first-order chi connectivity index (χ1) is 13.4. The van der Waals surface area contributed by atoms with Gasteiger partial charge in [-0.3, -0.25) is 9.78 Å². The third kappa shape index (κ3) is 2.83. The maximum atomic E-state index is 12.1. The van der Waals surface area contributed by atoms with E-state index in [2.05, 4.69) is 5.10 Å². The van der Waals surface area contributed by atoms with E-state index in [1.807, 2.05) is 4.98 Å². The van der Waals surface area contributed by atoms with Gasteiger partial charge in [-0.05, 0) is 36.4 Å². The van der Waals surface area contributed by atoms with Gasteiger partial charge in [-0.1, -0.05) is 23.2 Å². The van der Waals surface area contributed by atoms with Crippen molar-refractivity contribution >= 4 is 34.1 Å². The van der Waals surface area contributed by atoms with Crippen molar-refractivity contribution in [1.29, 1.82) is 5.26 Å². The summed E-state index contributed by atoms with van der Waals surface area (Å²) in [6.45, 7) is 0. The molecule has 138 valence electrons. The van der Waals surface area contributed by atoms with Crippen LogP contribution in [-0.4, -0.2) is 24.4 Å². The Balaban J connectivity index is 1.92. The second-order valence-electron chi connectivity index (χ2n) is 5.82. The molecule has 10 heteroatoms. The molecule has 4 aromatic rings. The molecule has 0 aliphatic heterocycles. The van der Waals surface area contributed by atoms with Gasteiger partial charge in [0.25, 0.3) is 5.56 Å². The molecule has 28 heavy (non-hydrogen) atoms. The quantitative estimate of drug-likeness (QED) is 0.523. The third-order valence-corrected chi connectivity index (χ3v) is 4.67. The Morgan fingerprint density at radius 3 is 2.50 bits per heavy atom. The van der Waals surface area contributed by atoms with Crippen LogP contribution in [0, 0.1) is 11.3 Å². The fraction of sp³-hybridized carbons (Fsp3) is 0. The number of nitrogens with zero attached hydrogens (tertiary/aromatic N) is 4. The van der Waals surface area contributed by atoms with Gasteiger partial charge in [-0.2, -0.15) is 9.94 Å². The van der Waals surface area contributed by atoms with Crippen LogP contribution in [0.15, 0.2) is 52.2 Å². The summed E-state index contributed by atoms with van der Waals surface area (Å²) in [7, 11) is 0. The van der Waals surface area contributed by atoms with Crippen LogP contribution in [0.3, 0.4) is 0 Å². The Bertz CT molecular complexity index is 1390. The van der Waals surface area contributed by atoms with Crippen molar-refractivity contribution in [2.45, 2.75) is 0 Å². The normalized spacial score (nSPS) is 10.9. The number of halogens is 2. The van der Waals surface area contributed by atoms with Gasteiger partial charge in [0.2, 0.25) is 5.69 Å². The van der Waals surface area contributed by atoms with Crippen LogP contribution < -0.4 is 11.2 Å². The molecule has 4 rings (SSSR count). The zero-order valence-corrected chi connectivity index (χ0v) is 15.4. The maximum Gasteiger partial charge on any atom is 0.349 e. The fourth-order valence-corrected chi connectivity index (χ4v) is 3.54. The number of phenols is 1. The van der Waals surface area contributed by atoms with Gasteiger partial charge in [0.05, 0.1) is 26.9 Å². The highest BCUT2D eigenvalue weighted by molar-refractivity contribution is 6.38. The second-order valence-corrected chi connectivity index (χ2v) is 6.63. The topological polar surface area (TPSA) is 117 Å². The van der Waals surface area contributed by atoms with Crippen molar-refractivity contribution in [2.24, 2.45) is 0 Å². The lowest BCUT2D eigenvalue weighted by molar-refractivity contribution is 0.476. The number of aromatic nitrogens is 4. The number of nitriles is 1. The van der Waals surface area contributed by atoms with Gasteiger partial charge in [0, 0.05) is 11.6 Å². The summed E-state index contributed by atoms with van der Waals surface area (Å²) in [4.78, 5) is 25.6. The van der Waals surface area contributed by atoms with E-state index in [4.69, 9.17) is 28.5 Å². The number of fused-ring (bicyclic) bond motifs is 1. The lowest BCUT2D eigenvalue weighted by atomic mass is 10.2. The predicted octanol–water partition coefficient (Wildman–Crippen LogP) is 2.75. The molecule has 0 saturated carbocycles. The highest BCUT2D eigenvalue weighted by atomic mass is 35.5. The third-order valence-electron chi connectivity index (χ3n) is 4.09. The molecule has 0 bridgehead atoms. The molecule has 2 aromatic heterocycles. The number of nitrogens with one attached hydrogen (secondary N) is 1. The Kier molecular flexibility index (Phi) is 4.19. The molecule has 0 aliphatic carbocycles. The van der Waals surface area contributed by atoms with Gasteiger partial charge < -0.3 is 9.67 Å². The smallest absolute Gasteiger partial charge is 0.349 e. The molecule has 0 aliphatic rings. The van der Waals surface area contributed by atoms with E-state index in [-0.39, 0.29) is 21.5 Å². The number of aromatic amines is 1. The molecule has 0 spiro atoms. The summed E-state index contributed by atoms with van der Waals surface area (Å²) in [5, 5.41) is 23.5. The molecule has 0 saturated heterocycles. The molecule has 2 aromatic carbocycles. The molecular weight excluding hydrogens is 405 g/mol. The van der Waals surface area contributed by atoms with E-state index < -0.39 is 16.9 Å². The lowest BCUT2D eigenvalue weighted by Crippen LogP contribution is -2.33. The van der Waals surface area contributed by atoms with Crippen LogP contribution in [0.4, 0.5) is 0 Å². The number of hydrogen-bond acceptors (Lipinski definition) is 5. The van der Waals surface area contributed by atoms with Crippen LogP contribution in [0.25, 0.3) is 22.3 Å². The van der Waals surface area contributed by atoms with E-state index in [0.717, 1.165) is 15.6 Å². The molecule has 0 unspecified atom stereocenters. The SMILES string of the molecule is N#Cc1nn(-c2cc(Cl)c(-n3ccc4cc(O)ccc43)c(Cl)c2)c(=O)[nH]c1=O. The van der Waals surface area contributed by atoms with E-state index in [1.165, 1.54) is 12.1 Å².